The topological polar surface area (TPSA) is 43.4 Å². The van der Waals surface area contributed by atoms with Crippen LogP contribution in [0.5, 0.6) is 11.5 Å². The van der Waals surface area contributed by atoms with Gasteiger partial charge in [0.05, 0.1) is 17.9 Å². The highest BCUT2D eigenvalue weighted by Crippen LogP contribution is 2.29. The molecule has 4 nitrogen and oxygen atoms in total. The number of aryl methyl sites for hydroxylation is 2. The fourth-order valence-electron chi connectivity index (χ4n) is 2.86. The molecule has 0 amide bonds. The average Bonchev–Trinajstić information content (AvgIpc) is 2.68. The van der Waals surface area contributed by atoms with E-state index in [1.165, 1.54) is 6.07 Å². The van der Waals surface area contributed by atoms with Crippen LogP contribution in [0.25, 0.3) is 0 Å². The number of rotatable bonds is 11. The van der Waals surface area contributed by atoms with Crippen LogP contribution in [0.3, 0.4) is 0 Å². The number of halogens is 5. The van der Waals surface area contributed by atoms with Crippen LogP contribution < -0.4 is 14.8 Å². The van der Waals surface area contributed by atoms with Gasteiger partial charge in [0.2, 0.25) is 0 Å². The predicted octanol–water partition coefficient (Wildman–Crippen LogP) is 6.36. The van der Waals surface area contributed by atoms with Gasteiger partial charge in [-0.25, -0.2) is 0 Å². The molecule has 31 heavy (non-hydrogen) atoms. The van der Waals surface area contributed by atoms with Crippen molar-refractivity contribution >= 4 is 23.2 Å². The Balaban J connectivity index is 1.68. The Morgan fingerprint density at radius 1 is 1.10 bits per heavy atom. The molecule has 0 radical (unpaired) electrons. The molecule has 0 unspecified atom stereocenters. The van der Waals surface area contributed by atoms with E-state index in [2.05, 4.69) is 10.3 Å². The molecule has 1 aromatic carbocycles. The molecule has 9 heteroatoms. The van der Waals surface area contributed by atoms with E-state index >= 15 is 0 Å². The lowest BCUT2D eigenvalue weighted by Gasteiger charge is -2.14. The molecule has 0 aliphatic heterocycles. The maximum Gasteiger partial charge on any atom is 0.417 e. The fraction of sp³-hybridized carbons (Fsp3) is 0.409. The van der Waals surface area contributed by atoms with Crippen molar-refractivity contribution < 1.29 is 22.6 Å². The molecule has 2 aromatic rings. The summed E-state index contributed by atoms with van der Waals surface area (Å²) >= 11 is 11.1. The lowest BCUT2D eigenvalue weighted by Crippen LogP contribution is -2.17. The largest absolute Gasteiger partial charge is 0.493 e. The number of hydrogen-bond acceptors (Lipinski definition) is 4. The second-order valence-electron chi connectivity index (χ2n) is 6.96. The van der Waals surface area contributed by atoms with Crippen molar-refractivity contribution in [3.8, 4) is 11.5 Å². The van der Waals surface area contributed by atoms with Crippen LogP contribution in [-0.2, 0) is 12.7 Å². The van der Waals surface area contributed by atoms with Gasteiger partial charge in [0.25, 0.3) is 0 Å². The molecule has 0 saturated carbocycles. The molecule has 170 valence electrons. The third-order valence-electron chi connectivity index (χ3n) is 4.37. The third-order valence-corrected chi connectivity index (χ3v) is 4.68. The number of nitrogens with zero attached hydrogens (tertiary/aromatic N) is 1. The first kappa shape index (κ1) is 25.3. The van der Waals surface area contributed by atoms with Gasteiger partial charge in [-0.1, -0.05) is 23.2 Å². The van der Waals surface area contributed by atoms with Gasteiger partial charge in [-0.15, -0.1) is 0 Å². The average molecular weight is 477 g/mol. The molecule has 0 atom stereocenters. The number of aromatic nitrogens is 1. The monoisotopic (exact) mass is 476 g/mol. The molecular formula is C22H25Cl2F3N2O2. The van der Waals surface area contributed by atoms with Crippen LogP contribution in [0, 0.1) is 13.8 Å². The molecule has 1 aromatic heterocycles. The van der Waals surface area contributed by atoms with E-state index in [-0.39, 0.29) is 11.1 Å². The first-order valence-corrected chi connectivity index (χ1v) is 10.5. The summed E-state index contributed by atoms with van der Waals surface area (Å²) in [6.07, 6.45) is -0.233. The molecule has 0 bridgehead atoms. The van der Waals surface area contributed by atoms with E-state index in [1.54, 1.807) is 6.08 Å². The summed E-state index contributed by atoms with van der Waals surface area (Å²) in [5.74, 6) is 1.55. The highest BCUT2D eigenvalue weighted by atomic mass is 35.5. The molecule has 0 saturated heterocycles. The molecule has 2 rings (SSSR count). The summed E-state index contributed by atoms with van der Waals surface area (Å²) in [7, 11) is 0. The number of alkyl halides is 3. The van der Waals surface area contributed by atoms with Crippen molar-refractivity contribution in [2.75, 3.05) is 19.8 Å². The maximum atomic E-state index is 12.5. The van der Waals surface area contributed by atoms with E-state index < -0.39 is 11.7 Å². The van der Waals surface area contributed by atoms with Gasteiger partial charge in [-0.3, -0.25) is 4.98 Å². The molecule has 0 aliphatic carbocycles. The van der Waals surface area contributed by atoms with Crippen molar-refractivity contribution in [2.24, 2.45) is 0 Å². The lowest BCUT2D eigenvalue weighted by molar-refractivity contribution is -0.137. The molecule has 0 spiro atoms. The standard InChI is InChI=1S/C22H25Cl2F3N2O2/c1-15-11-19(30-10-7-20(23)24)12-16(2)21(15)31-9-4-3-8-28-14-18-6-5-17(13-29-18)22(25,26)27/h5-7,11-13,28H,3-4,8-10,14H2,1-2H3. The molecule has 1 heterocycles. The highest BCUT2D eigenvalue weighted by Gasteiger charge is 2.30. The van der Waals surface area contributed by atoms with Crippen LogP contribution in [-0.4, -0.2) is 24.7 Å². The number of unbranched alkanes of at least 4 members (excludes halogenated alkanes) is 1. The van der Waals surface area contributed by atoms with Gasteiger partial charge in [0.1, 0.15) is 22.6 Å². The lowest BCUT2D eigenvalue weighted by atomic mass is 10.1. The Bertz CT molecular complexity index is 845. The summed E-state index contributed by atoms with van der Waals surface area (Å²) < 4.78 is 49.3. The van der Waals surface area contributed by atoms with E-state index in [1.807, 2.05) is 26.0 Å². The van der Waals surface area contributed by atoms with Crippen LogP contribution in [0.1, 0.15) is 35.2 Å². The number of benzene rings is 1. The maximum absolute atomic E-state index is 12.5. The smallest absolute Gasteiger partial charge is 0.417 e. The normalized spacial score (nSPS) is 11.3. The summed E-state index contributed by atoms with van der Waals surface area (Å²) in [4.78, 5) is 3.84. The summed E-state index contributed by atoms with van der Waals surface area (Å²) in [6, 6.07) is 6.23. The molecular weight excluding hydrogens is 452 g/mol. The van der Waals surface area contributed by atoms with E-state index in [0.29, 0.717) is 31.1 Å². The Morgan fingerprint density at radius 2 is 1.81 bits per heavy atom. The summed E-state index contributed by atoms with van der Waals surface area (Å²) in [6.45, 7) is 5.90. The van der Waals surface area contributed by atoms with Crippen molar-refractivity contribution in [1.82, 2.24) is 10.3 Å². The first-order chi connectivity index (χ1) is 14.7. The first-order valence-electron chi connectivity index (χ1n) is 9.77. The highest BCUT2D eigenvalue weighted by molar-refractivity contribution is 6.55. The van der Waals surface area contributed by atoms with Gasteiger partial charge in [-0.2, -0.15) is 13.2 Å². The van der Waals surface area contributed by atoms with Crippen LogP contribution in [0.15, 0.2) is 41.0 Å². The van der Waals surface area contributed by atoms with Gasteiger partial charge >= 0.3 is 6.18 Å². The number of ether oxygens (including phenoxy) is 2. The number of nitrogens with one attached hydrogen (secondary N) is 1. The number of pyridine rings is 1. The van der Waals surface area contributed by atoms with E-state index in [9.17, 15) is 13.2 Å². The predicted molar refractivity (Wildman–Crippen MR) is 117 cm³/mol. The van der Waals surface area contributed by atoms with Crippen molar-refractivity contribution in [3.63, 3.8) is 0 Å². The summed E-state index contributed by atoms with van der Waals surface area (Å²) in [5, 5.41) is 3.18. The van der Waals surface area contributed by atoms with Crippen LogP contribution in [0.2, 0.25) is 0 Å². The minimum Gasteiger partial charge on any atom is -0.493 e. The van der Waals surface area contributed by atoms with Gasteiger partial charge in [0, 0.05) is 12.7 Å². The second-order valence-corrected chi connectivity index (χ2v) is 7.97. The quantitative estimate of drug-likeness (QED) is 0.383. The van der Waals surface area contributed by atoms with Gasteiger partial charge in [-0.05, 0) is 74.7 Å². The Hall–Kier alpha value is -1.96. The molecule has 0 fully saturated rings. The summed E-state index contributed by atoms with van der Waals surface area (Å²) in [5.41, 5.74) is 1.78. The SMILES string of the molecule is Cc1cc(OCC=C(Cl)Cl)cc(C)c1OCCCCNCc1ccc(C(F)(F)F)cn1. The zero-order valence-electron chi connectivity index (χ0n) is 17.4. The zero-order chi connectivity index (χ0) is 22.9. The molecule has 1 N–H and O–H groups in total. The van der Waals surface area contributed by atoms with E-state index in [0.717, 1.165) is 42.0 Å². The Morgan fingerprint density at radius 3 is 2.39 bits per heavy atom. The zero-order valence-corrected chi connectivity index (χ0v) is 18.9. The van der Waals surface area contributed by atoms with Crippen molar-refractivity contribution in [3.05, 3.63) is 63.4 Å². The Labute approximate surface area is 190 Å². The van der Waals surface area contributed by atoms with Crippen molar-refractivity contribution in [1.29, 1.82) is 0 Å². The van der Waals surface area contributed by atoms with E-state index in [4.69, 9.17) is 32.7 Å². The van der Waals surface area contributed by atoms with Crippen LogP contribution >= 0.6 is 23.2 Å². The van der Waals surface area contributed by atoms with Gasteiger partial charge in [0.15, 0.2) is 0 Å². The minimum absolute atomic E-state index is 0.165. The van der Waals surface area contributed by atoms with Gasteiger partial charge < -0.3 is 14.8 Å². The van der Waals surface area contributed by atoms with Crippen molar-refractivity contribution in [2.45, 2.75) is 39.4 Å². The Kier molecular flexibility index (Phi) is 9.93. The fourth-order valence-corrected chi connectivity index (χ4v) is 2.99. The number of hydrogen-bond donors (Lipinski definition) is 1. The van der Waals surface area contributed by atoms with Crippen LogP contribution in [0.4, 0.5) is 13.2 Å². The minimum atomic E-state index is -4.36. The second kappa shape index (κ2) is 12.2. The third kappa shape index (κ3) is 8.97. The molecule has 0 aliphatic rings.